The van der Waals surface area contributed by atoms with Crippen molar-refractivity contribution in [2.24, 2.45) is 0 Å². The largest absolute Gasteiger partial charge is 0.383 e. The van der Waals surface area contributed by atoms with Crippen LogP contribution in [0.4, 0.5) is 17.5 Å². The summed E-state index contributed by atoms with van der Waals surface area (Å²) < 4.78 is 35.5. The van der Waals surface area contributed by atoms with E-state index in [2.05, 4.69) is 24.9 Å². The molecule has 13 nitrogen and oxygen atoms in total. The average Bonchev–Trinajstić information content (AvgIpc) is 3.48. The van der Waals surface area contributed by atoms with Crippen molar-refractivity contribution < 1.29 is 17.9 Å². The summed E-state index contributed by atoms with van der Waals surface area (Å²) in [7, 11) is -2.01. The van der Waals surface area contributed by atoms with Crippen LogP contribution >= 0.6 is 0 Å². The van der Waals surface area contributed by atoms with Crippen LogP contribution in [0.2, 0.25) is 0 Å². The van der Waals surface area contributed by atoms with E-state index in [4.69, 9.17) is 9.72 Å². The number of nitrogens with one attached hydrogen (secondary N) is 2. The van der Waals surface area contributed by atoms with Crippen molar-refractivity contribution in [2.75, 3.05) is 56.7 Å². The number of piperazine rings is 1. The van der Waals surface area contributed by atoms with E-state index in [1.54, 1.807) is 23.9 Å². The highest BCUT2D eigenvalue weighted by atomic mass is 32.2. The molecule has 0 unspecified atom stereocenters. The Morgan fingerprint density at radius 1 is 1.10 bits per heavy atom. The van der Waals surface area contributed by atoms with Gasteiger partial charge in [-0.3, -0.25) is 14.2 Å². The lowest BCUT2D eigenvalue weighted by Crippen LogP contribution is -2.52. The summed E-state index contributed by atoms with van der Waals surface area (Å²) >= 11 is 0. The Balaban J connectivity index is 1.32. The van der Waals surface area contributed by atoms with Crippen molar-refractivity contribution in [3.8, 4) is 0 Å². The molecule has 0 bridgehead atoms. The Morgan fingerprint density at radius 2 is 1.83 bits per heavy atom. The van der Waals surface area contributed by atoms with Crippen molar-refractivity contribution in [1.29, 1.82) is 0 Å². The summed E-state index contributed by atoms with van der Waals surface area (Å²) in [6.45, 7) is 5.53. The molecule has 14 heteroatoms. The minimum absolute atomic E-state index is 0.000418. The number of nitrogens with zero attached hydrogens (tertiary/aromatic N) is 6. The van der Waals surface area contributed by atoms with Crippen LogP contribution in [0, 0.1) is 6.92 Å². The number of ketones is 1. The maximum atomic E-state index is 13.4. The van der Waals surface area contributed by atoms with Crippen molar-refractivity contribution in [1.82, 2.24) is 28.5 Å². The molecular weight excluding hydrogens is 548 g/mol. The molecule has 4 heterocycles. The zero-order valence-corrected chi connectivity index (χ0v) is 24.4. The molecule has 3 aromatic rings. The number of carbonyl (C=O) groups is 1. The number of carbonyl (C=O) groups excluding carboxylic acids is 1. The Morgan fingerprint density at radius 3 is 2.46 bits per heavy atom. The second kappa shape index (κ2) is 12.2. The first kappa shape index (κ1) is 29.0. The smallest absolute Gasteiger partial charge is 0.279 e. The molecule has 0 aromatic carbocycles. The van der Waals surface area contributed by atoms with Crippen molar-refractivity contribution in [3.05, 3.63) is 46.0 Å². The zero-order valence-electron chi connectivity index (χ0n) is 23.6. The van der Waals surface area contributed by atoms with Crippen LogP contribution in [0.1, 0.15) is 54.6 Å². The van der Waals surface area contributed by atoms with Gasteiger partial charge in [-0.15, -0.1) is 0 Å². The van der Waals surface area contributed by atoms with Gasteiger partial charge in [-0.1, -0.05) is 12.8 Å². The Labute approximate surface area is 239 Å². The summed E-state index contributed by atoms with van der Waals surface area (Å²) in [6.07, 6.45) is 7.19. The lowest BCUT2D eigenvalue weighted by atomic mass is 10.0. The zero-order chi connectivity index (χ0) is 29.1. The average molecular weight is 585 g/mol. The van der Waals surface area contributed by atoms with Crippen LogP contribution in [-0.2, 0) is 14.9 Å². The molecule has 5 rings (SSSR count). The van der Waals surface area contributed by atoms with Gasteiger partial charge < -0.3 is 15.0 Å². The number of rotatable bonds is 10. The molecule has 41 heavy (non-hydrogen) atoms. The van der Waals surface area contributed by atoms with Gasteiger partial charge in [-0.2, -0.15) is 22.4 Å². The first-order chi connectivity index (χ1) is 19.7. The molecule has 0 amide bonds. The molecular formula is C27H36N8O5S. The number of hydrogen-bond donors (Lipinski definition) is 2. The second-order valence-corrected chi connectivity index (χ2v) is 12.2. The third-order valence-corrected chi connectivity index (χ3v) is 9.39. The Hall–Kier alpha value is -3.46. The third kappa shape index (κ3) is 6.10. The fraction of sp³-hybridized carbons (Fsp3) is 0.519. The highest BCUT2D eigenvalue weighted by molar-refractivity contribution is 7.87. The topological polar surface area (TPSA) is 152 Å². The van der Waals surface area contributed by atoms with E-state index in [1.807, 2.05) is 12.1 Å². The number of Topliss-reactive ketones (excluding diaryl/α,β-unsaturated/α-hetero) is 1. The number of aryl methyl sites for hydroxylation is 1. The van der Waals surface area contributed by atoms with Gasteiger partial charge in [-0.05, 0) is 44.4 Å². The quantitative estimate of drug-likeness (QED) is 0.268. The number of methoxy groups -OCH3 is 1. The number of anilines is 3. The normalized spacial score (nSPS) is 16.9. The molecule has 1 saturated carbocycles. The minimum atomic E-state index is -3.54. The summed E-state index contributed by atoms with van der Waals surface area (Å²) in [6, 6.07) is 3.72. The number of hydrogen-bond acceptors (Lipinski definition) is 10. The highest BCUT2D eigenvalue weighted by Gasteiger charge is 2.28. The molecule has 2 fully saturated rings. The molecule has 1 aliphatic carbocycles. The molecule has 2 N–H and O–H groups in total. The van der Waals surface area contributed by atoms with Crippen LogP contribution in [0.25, 0.3) is 11.0 Å². The number of fused-ring (bicyclic) bond motifs is 1. The molecule has 1 aliphatic heterocycles. The van der Waals surface area contributed by atoms with E-state index in [0.717, 1.165) is 31.4 Å². The predicted molar refractivity (Wildman–Crippen MR) is 156 cm³/mol. The minimum Gasteiger partial charge on any atom is -0.383 e. The van der Waals surface area contributed by atoms with Gasteiger partial charge in [0.25, 0.3) is 15.8 Å². The molecule has 220 valence electrons. The Bertz CT molecular complexity index is 1580. The lowest BCUT2D eigenvalue weighted by molar-refractivity contribution is 0.101. The SMILES string of the molecule is COCCNS(=O)(=O)N1CCN(c2ccc(Nc3ncc4c(C)c(C(C)=O)c(=O)n(C5CCCC5)c4n3)nc2)CC1. The predicted octanol–water partition coefficient (Wildman–Crippen LogP) is 2.16. The monoisotopic (exact) mass is 584 g/mol. The van der Waals surface area contributed by atoms with Crippen LogP contribution in [0.3, 0.4) is 0 Å². The molecule has 2 aliphatic rings. The summed E-state index contributed by atoms with van der Waals surface area (Å²) in [5.41, 5.74) is 1.90. The number of ether oxygens (including phenoxy) is 1. The molecule has 1 saturated heterocycles. The first-order valence-corrected chi connectivity index (χ1v) is 15.3. The summed E-state index contributed by atoms with van der Waals surface area (Å²) in [5.74, 6) is 0.580. The second-order valence-electron chi connectivity index (χ2n) is 10.4. The molecule has 0 atom stereocenters. The van der Waals surface area contributed by atoms with E-state index in [1.165, 1.54) is 18.3 Å². The van der Waals surface area contributed by atoms with Gasteiger partial charge in [0.15, 0.2) is 5.78 Å². The van der Waals surface area contributed by atoms with Gasteiger partial charge >= 0.3 is 0 Å². The van der Waals surface area contributed by atoms with E-state index in [0.29, 0.717) is 61.1 Å². The van der Waals surface area contributed by atoms with E-state index in [-0.39, 0.29) is 29.5 Å². The van der Waals surface area contributed by atoms with E-state index in [9.17, 15) is 18.0 Å². The molecule has 0 spiro atoms. The van der Waals surface area contributed by atoms with Gasteiger partial charge in [0.05, 0.1) is 24.1 Å². The van der Waals surface area contributed by atoms with Crippen molar-refractivity contribution in [3.63, 3.8) is 0 Å². The van der Waals surface area contributed by atoms with Crippen molar-refractivity contribution >= 4 is 44.5 Å². The standard InChI is InChI=1S/C27H36N8O5S/c1-18-22-17-29-27(32-25(22)35(20-6-4-5-7-20)26(37)24(18)19(2)36)31-23-9-8-21(16-28-23)33-11-13-34(14-12-33)41(38,39)30-10-15-40-3/h8-9,16-17,20,30H,4-7,10-15H2,1-3H3,(H,28,29,31,32). The summed E-state index contributed by atoms with van der Waals surface area (Å²) in [4.78, 5) is 41.5. The fourth-order valence-corrected chi connectivity index (χ4v) is 6.79. The fourth-order valence-electron chi connectivity index (χ4n) is 5.62. The first-order valence-electron chi connectivity index (χ1n) is 13.8. The lowest BCUT2D eigenvalue weighted by Gasteiger charge is -2.35. The van der Waals surface area contributed by atoms with Crippen molar-refractivity contribution in [2.45, 2.75) is 45.6 Å². The molecule has 0 radical (unpaired) electrons. The Kier molecular flexibility index (Phi) is 8.63. The van der Waals surface area contributed by atoms with Crippen LogP contribution in [0.15, 0.2) is 29.3 Å². The number of aromatic nitrogens is 4. The summed E-state index contributed by atoms with van der Waals surface area (Å²) in [5, 5.41) is 3.82. The van der Waals surface area contributed by atoms with E-state index >= 15 is 0 Å². The van der Waals surface area contributed by atoms with Crippen LogP contribution in [-0.4, -0.2) is 84.5 Å². The van der Waals surface area contributed by atoms with Gasteiger partial charge in [-0.25, -0.2) is 9.97 Å². The van der Waals surface area contributed by atoms with E-state index < -0.39 is 10.2 Å². The highest BCUT2D eigenvalue weighted by Crippen LogP contribution is 2.32. The van der Waals surface area contributed by atoms with Crippen LogP contribution < -0.4 is 20.5 Å². The molecule has 3 aromatic heterocycles. The number of pyridine rings is 2. The maximum absolute atomic E-state index is 13.4. The maximum Gasteiger partial charge on any atom is 0.279 e. The van der Waals surface area contributed by atoms with Gasteiger partial charge in [0.2, 0.25) is 5.95 Å². The van der Waals surface area contributed by atoms with Gasteiger partial charge in [0, 0.05) is 57.5 Å². The van der Waals surface area contributed by atoms with Gasteiger partial charge in [0.1, 0.15) is 11.5 Å². The third-order valence-electron chi connectivity index (χ3n) is 7.77. The van der Waals surface area contributed by atoms with Crippen LogP contribution in [0.5, 0.6) is 0 Å².